The number of hydrogen-bond donors (Lipinski definition) is 1. The fourth-order valence-corrected chi connectivity index (χ4v) is 2.22. The van der Waals surface area contributed by atoms with Crippen molar-refractivity contribution >= 4 is 11.6 Å². The number of anilines is 1. The van der Waals surface area contributed by atoms with Crippen LogP contribution in [0.2, 0.25) is 0 Å². The highest BCUT2D eigenvalue weighted by atomic mass is 16.5. The molecule has 5 nitrogen and oxygen atoms in total. The molecule has 130 valence electrons. The highest BCUT2D eigenvalue weighted by Gasteiger charge is 2.03. The maximum Gasteiger partial charge on any atom is 0.247 e. The lowest BCUT2D eigenvalue weighted by Crippen LogP contribution is -2.07. The van der Waals surface area contributed by atoms with Gasteiger partial charge in [-0.05, 0) is 35.9 Å². The molecule has 1 heterocycles. The molecule has 3 rings (SSSR count). The molecule has 26 heavy (non-hydrogen) atoms. The Hall–Kier alpha value is -3.60. The summed E-state index contributed by atoms with van der Waals surface area (Å²) in [6.07, 6.45) is 4.31. The number of carbonyl (C=O) groups excluding carboxylic acids is 1. The van der Waals surface area contributed by atoms with Crippen molar-refractivity contribution in [2.24, 2.45) is 0 Å². The lowest BCUT2D eigenvalue weighted by atomic mass is 10.2. The average molecular weight is 346 g/mol. The molecule has 0 unspecified atom stereocenters. The zero-order chi connectivity index (χ0) is 18.2. The molecule has 0 saturated carbocycles. The van der Waals surface area contributed by atoms with Crippen LogP contribution < -0.4 is 14.8 Å². The predicted molar refractivity (Wildman–Crippen MR) is 100 cm³/mol. The van der Waals surface area contributed by atoms with E-state index >= 15 is 0 Å². The van der Waals surface area contributed by atoms with Gasteiger partial charge in [0.25, 0.3) is 0 Å². The number of amides is 1. The van der Waals surface area contributed by atoms with Crippen LogP contribution in [0.1, 0.15) is 5.56 Å². The van der Waals surface area contributed by atoms with Crippen molar-refractivity contribution in [3.05, 3.63) is 91.3 Å². The normalized spacial score (nSPS) is 10.0. The van der Waals surface area contributed by atoms with Crippen molar-refractivity contribution < 1.29 is 14.3 Å². The van der Waals surface area contributed by atoms with Crippen LogP contribution in [0.3, 0.4) is 0 Å². The van der Waals surface area contributed by atoms with Gasteiger partial charge in [0, 0.05) is 6.07 Å². The molecule has 2 aromatic carbocycles. The maximum atomic E-state index is 11.3. The number of ether oxygens (including phenoxy) is 2. The number of benzene rings is 2. The molecule has 0 bridgehead atoms. The molecule has 0 spiro atoms. The van der Waals surface area contributed by atoms with Gasteiger partial charge in [-0.15, -0.1) is 0 Å². The van der Waals surface area contributed by atoms with E-state index < -0.39 is 0 Å². The quantitative estimate of drug-likeness (QED) is 0.636. The monoisotopic (exact) mass is 346 g/mol. The standard InChI is InChI=1S/C21H18N2O3/c1-2-21(24)23-17-12-20(14-22-13-17)26-19-10-8-18(9-11-19)25-15-16-6-4-3-5-7-16/h2-14H,1,15H2,(H,23,24). The van der Waals surface area contributed by atoms with Crippen molar-refractivity contribution in [3.8, 4) is 17.2 Å². The number of hydrogen-bond acceptors (Lipinski definition) is 4. The number of rotatable bonds is 7. The summed E-state index contributed by atoms with van der Waals surface area (Å²) in [5.41, 5.74) is 1.65. The van der Waals surface area contributed by atoms with Crippen LogP contribution >= 0.6 is 0 Å². The van der Waals surface area contributed by atoms with Crippen LogP contribution in [-0.4, -0.2) is 10.9 Å². The lowest BCUT2D eigenvalue weighted by molar-refractivity contribution is -0.111. The SMILES string of the molecule is C=CC(=O)Nc1cncc(Oc2ccc(OCc3ccccc3)cc2)c1. The minimum absolute atomic E-state index is 0.302. The second-order valence-electron chi connectivity index (χ2n) is 5.45. The molecular weight excluding hydrogens is 328 g/mol. The van der Waals surface area contributed by atoms with E-state index in [1.54, 1.807) is 12.3 Å². The van der Waals surface area contributed by atoms with E-state index in [0.717, 1.165) is 11.3 Å². The van der Waals surface area contributed by atoms with Crippen LogP contribution in [0, 0.1) is 0 Å². The van der Waals surface area contributed by atoms with E-state index in [9.17, 15) is 4.79 Å². The van der Waals surface area contributed by atoms with Crippen LogP contribution in [0.25, 0.3) is 0 Å². The van der Waals surface area contributed by atoms with Gasteiger partial charge in [0.2, 0.25) is 5.91 Å². The summed E-state index contributed by atoms with van der Waals surface area (Å²) in [4.78, 5) is 15.4. The van der Waals surface area contributed by atoms with Gasteiger partial charge in [-0.2, -0.15) is 0 Å². The molecule has 0 aliphatic rings. The summed E-state index contributed by atoms with van der Waals surface area (Å²) in [7, 11) is 0. The highest BCUT2D eigenvalue weighted by molar-refractivity contribution is 5.98. The summed E-state index contributed by atoms with van der Waals surface area (Å²) in [6.45, 7) is 3.92. The Labute approximate surface area is 151 Å². The molecule has 1 aromatic heterocycles. The second kappa shape index (κ2) is 8.48. The van der Waals surface area contributed by atoms with Crippen molar-refractivity contribution in [2.75, 3.05) is 5.32 Å². The topological polar surface area (TPSA) is 60.5 Å². The first kappa shape index (κ1) is 17.2. The number of nitrogens with zero attached hydrogens (tertiary/aromatic N) is 1. The van der Waals surface area contributed by atoms with E-state index in [-0.39, 0.29) is 5.91 Å². The van der Waals surface area contributed by atoms with Crippen molar-refractivity contribution in [2.45, 2.75) is 6.61 Å². The second-order valence-corrected chi connectivity index (χ2v) is 5.45. The van der Waals surface area contributed by atoms with Gasteiger partial charge in [-0.25, -0.2) is 0 Å². The summed E-state index contributed by atoms with van der Waals surface area (Å²) >= 11 is 0. The fourth-order valence-electron chi connectivity index (χ4n) is 2.22. The highest BCUT2D eigenvalue weighted by Crippen LogP contribution is 2.25. The average Bonchev–Trinajstić information content (AvgIpc) is 2.68. The van der Waals surface area contributed by atoms with Gasteiger partial charge in [0.05, 0.1) is 18.1 Å². The first-order valence-electron chi connectivity index (χ1n) is 8.06. The number of aromatic nitrogens is 1. The number of carbonyl (C=O) groups is 1. The van der Waals surface area contributed by atoms with Gasteiger partial charge < -0.3 is 14.8 Å². The van der Waals surface area contributed by atoms with E-state index in [2.05, 4.69) is 16.9 Å². The lowest BCUT2D eigenvalue weighted by Gasteiger charge is -2.09. The third kappa shape index (κ3) is 4.95. The molecule has 1 amide bonds. The molecule has 0 saturated heterocycles. The molecule has 0 radical (unpaired) electrons. The molecule has 3 aromatic rings. The Kier molecular flexibility index (Phi) is 5.62. The van der Waals surface area contributed by atoms with Crippen LogP contribution in [0.4, 0.5) is 5.69 Å². The van der Waals surface area contributed by atoms with Crippen molar-refractivity contribution in [3.63, 3.8) is 0 Å². The predicted octanol–water partition coefficient (Wildman–Crippen LogP) is 4.58. The Morgan fingerprint density at radius 1 is 1.00 bits per heavy atom. The first-order chi connectivity index (χ1) is 12.7. The van der Waals surface area contributed by atoms with Crippen LogP contribution in [0.15, 0.2) is 85.7 Å². The van der Waals surface area contributed by atoms with Crippen LogP contribution in [-0.2, 0) is 11.4 Å². The van der Waals surface area contributed by atoms with Gasteiger partial charge >= 0.3 is 0 Å². The molecule has 5 heteroatoms. The zero-order valence-electron chi connectivity index (χ0n) is 14.1. The Bertz CT molecular complexity index is 877. The van der Waals surface area contributed by atoms with Crippen molar-refractivity contribution in [1.82, 2.24) is 4.98 Å². The van der Waals surface area contributed by atoms with Crippen molar-refractivity contribution in [1.29, 1.82) is 0 Å². The Balaban J connectivity index is 1.59. The first-order valence-corrected chi connectivity index (χ1v) is 8.06. The molecule has 0 aliphatic carbocycles. The van der Waals surface area contributed by atoms with E-state index in [4.69, 9.17) is 9.47 Å². The van der Waals surface area contributed by atoms with Gasteiger partial charge in [-0.1, -0.05) is 36.9 Å². The minimum atomic E-state index is -0.302. The minimum Gasteiger partial charge on any atom is -0.489 e. The largest absolute Gasteiger partial charge is 0.489 e. The maximum absolute atomic E-state index is 11.3. The van der Waals surface area contributed by atoms with Crippen LogP contribution in [0.5, 0.6) is 17.2 Å². The molecule has 1 N–H and O–H groups in total. The Morgan fingerprint density at radius 2 is 1.73 bits per heavy atom. The number of pyridine rings is 1. The van der Waals surface area contributed by atoms with Gasteiger partial charge in [0.1, 0.15) is 23.9 Å². The molecule has 0 atom stereocenters. The molecule has 0 aliphatic heterocycles. The van der Waals surface area contributed by atoms with Gasteiger partial charge in [0.15, 0.2) is 0 Å². The third-order valence-corrected chi connectivity index (χ3v) is 3.47. The van der Waals surface area contributed by atoms with E-state index in [1.807, 2.05) is 54.6 Å². The summed E-state index contributed by atoms with van der Waals surface area (Å²) in [6, 6.07) is 19.0. The van der Waals surface area contributed by atoms with E-state index in [1.165, 1.54) is 12.3 Å². The molecule has 0 fully saturated rings. The smallest absolute Gasteiger partial charge is 0.247 e. The summed E-state index contributed by atoms with van der Waals surface area (Å²) in [5, 5.41) is 2.64. The van der Waals surface area contributed by atoms with E-state index in [0.29, 0.717) is 23.8 Å². The summed E-state index contributed by atoms with van der Waals surface area (Å²) < 4.78 is 11.5. The Morgan fingerprint density at radius 3 is 2.46 bits per heavy atom. The number of nitrogens with one attached hydrogen (secondary N) is 1. The van der Waals surface area contributed by atoms with Gasteiger partial charge in [-0.3, -0.25) is 9.78 Å². The fraction of sp³-hybridized carbons (Fsp3) is 0.0476. The zero-order valence-corrected chi connectivity index (χ0v) is 14.1. The third-order valence-electron chi connectivity index (χ3n) is 3.47. The summed E-state index contributed by atoms with van der Waals surface area (Å²) in [5.74, 6) is 1.62. The molecular formula is C21H18N2O3.